The number of nitrogens with zero attached hydrogens (tertiary/aromatic N) is 3. The van der Waals surface area contributed by atoms with Gasteiger partial charge in [0.2, 0.25) is 11.8 Å². The fourth-order valence-corrected chi connectivity index (χ4v) is 3.40. The molecule has 168 valence electrons. The summed E-state index contributed by atoms with van der Waals surface area (Å²) >= 11 is 0. The number of amides is 2. The molecule has 4 rings (SSSR count). The Morgan fingerprint density at radius 3 is 2.39 bits per heavy atom. The van der Waals surface area contributed by atoms with Crippen molar-refractivity contribution in [2.45, 2.75) is 34.6 Å². The maximum Gasteiger partial charge on any atom is 0.229 e. The number of imidazole rings is 1. The average molecular weight is 442 g/mol. The van der Waals surface area contributed by atoms with Crippen molar-refractivity contribution < 1.29 is 9.59 Å². The molecule has 0 bridgehead atoms. The van der Waals surface area contributed by atoms with Crippen molar-refractivity contribution in [2.24, 2.45) is 5.41 Å². The van der Waals surface area contributed by atoms with Crippen molar-refractivity contribution in [1.29, 1.82) is 0 Å². The molecule has 0 atom stereocenters. The maximum absolute atomic E-state index is 12.5. The molecule has 33 heavy (non-hydrogen) atoms. The Morgan fingerprint density at radius 2 is 1.67 bits per heavy atom. The molecule has 2 aromatic carbocycles. The van der Waals surface area contributed by atoms with Gasteiger partial charge in [-0.15, -0.1) is 0 Å². The highest BCUT2D eigenvalue weighted by Gasteiger charge is 2.22. The number of nitrogens with one attached hydrogen (secondary N) is 2. The van der Waals surface area contributed by atoms with Gasteiger partial charge in [0.1, 0.15) is 0 Å². The van der Waals surface area contributed by atoms with E-state index in [-0.39, 0.29) is 11.8 Å². The Morgan fingerprint density at radius 1 is 0.909 bits per heavy atom. The summed E-state index contributed by atoms with van der Waals surface area (Å²) in [5, 5.41) is 10.6. The van der Waals surface area contributed by atoms with E-state index in [0.717, 1.165) is 33.8 Å². The van der Waals surface area contributed by atoms with Crippen LogP contribution in [0.15, 0.2) is 60.8 Å². The molecule has 7 nitrogen and oxygen atoms in total. The van der Waals surface area contributed by atoms with E-state index < -0.39 is 5.41 Å². The van der Waals surface area contributed by atoms with Gasteiger partial charge < -0.3 is 10.6 Å². The van der Waals surface area contributed by atoms with Gasteiger partial charge in [-0.1, -0.05) is 51.1 Å². The standard InChI is InChI=1S/C26H27N5O2/c1-16-10-11-18(14-22(16)29-25(33)26(3,4)5)23-15-31-24(28-23)13-12-21(30-31)19-8-6-7-9-20(19)27-17(2)32/h6-15H,1-5H3,(H,27,32)(H,29,33). The van der Waals surface area contributed by atoms with E-state index in [1.54, 1.807) is 4.52 Å². The molecule has 2 aromatic heterocycles. The van der Waals surface area contributed by atoms with Crippen molar-refractivity contribution in [3.05, 3.63) is 66.4 Å². The van der Waals surface area contributed by atoms with Gasteiger partial charge in [-0.25, -0.2) is 9.50 Å². The SMILES string of the molecule is CC(=O)Nc1ccccc1-c1ccc2nc(-c3ccc(C)c(NC(=O)C(C)(C)C)c3)cn2n1. The Hall–Kier alpha value is -4.00. The number of carbonyl (C=O) groups excluding carboxylic acids is 2. The van der Waals surface area contributed by atoms with E-state index in [4.69, 9.17) is 10.1 Å². The van der Waals surface area contributed by atoms with Crippen molar-refractivity contribution in [3.8, 4) is 22.5 Å². The predicted molar refractivity (Wildman–Crippen MR) is 131 cm³/mol. The quantitative estimate of drug-likeness (QED) is 0.449. The summed E-state index contributed by atoms with van der Waals surface area (Å²) in [6, 6.07) is 17.2. The van der Waals surface area contributed by atoms with Gasteiger partial charge in [0.15, 0.2) is 5.65 Å². The second-order valence-electron chi connectivity index (χ2n) is 9.11. The van der Waals surface area contributed by atoms with E-state index in [1.807, 2.05) is 88.5 Å². The average Bonchev–Trinajstić information content (AvgIpc) is 3.18. The van der Waals surface area contributed by atoms with Gasteiger partial charge in [-0.3, -0.25) is 9.59 Å². The first-order chi connectivity index (χ1) is 15.6. The number of benzene rings is 2. The molecule has 0 spiro atoms. The lowest BCUT2D eigenvalue weighted by Gasteiger charge is -2.19. The molecule has 0 aliphatic rings. The van der Waals surface area contributed by atoms with Crippen LogP contribution in [-0.2, 0) is 9.59 Å². The molecular formula is C26H27N5O2. The van der Waals surface area contributed by atoms with Crippen molar-refractivity contribution in [3.63, 3.8) is 0 Å². The fraction of sp³-hybridized carbons (Fsp3) is 0.231. The van der Waals surface area contributed by atoms with Crippen molar-refractivity contribution >= 4 is 28.8 Å². The Balaban J connectivity index is 1.70. The van der Waals surface area contributed by atoms with Crippen LogP contribution >= 0.6 is 0 Å². The Labute approximate surface area is 192 Å². The first-order valence-corrected chi connectivity index (χ1v) is 10.8. The summed E-state index contributed by atoms with van der Waals surface area (Å²) in [5.74, 6) is -0.177. The lowest BCUT2D eigenvalue weighted by molar-refractivity contribution is -0.123. The van der Waals surface area contributed by atoms with Crippen LogP contribution in [0, 0.1) is 12.3 Å². The smallest absolute Gasteiger partial charge is 0.229 e. The zero-order valence-electron chi connectivity index (χ0n) is 19.4. The Kier molecular flexibility index (Phi) is 5.72. The van der Waals surface area contributed by atoms with E-state index in [0.29, 0.717) is 11.3 Å². The number of hydrogen-bond donors (Lipinski definition) is 2. The van der Waals surface area contributed by atoms with Crippen LogP contribution in [0.4, 0.5) is 11.4 Å². The number of para-hydroxylation sites is 1. The van der Waals surface area contributed by atoms with Crippen LogP contribution < -0.4 is 10.6 Å². The zero-order chi connectivity index (χ0) is 23.8. The third-order valence-electron chi connectivity index (χ3n) is 5.30. The number of rotatable bonds is 4. The highest BCUT2D eigenvalue weighted by Crippen LogP contribution is 2.29. The summed E-state index contributed by atoms with van der Waals surface area (Å²) in [6.45, 7) is 9.10. The molecule has 0 radical (unpaired) electrons. The summed E-state index contributed by atoms with van der Waals surface area (Å²) in [5.41, 5.74) is 5.85. The third kappa shape index (κ3) is 4.77. The minimum atomic E-state index is -0.487. The zero-order valence-corrected chi connectivity index (χ0v) is 19.4. The van der Waals surface area contributed by atoms with Crippen molar-refractivity contribution in [2.75, 3.05) is 10.6 Å². The van der Waals surface area contributed by atoms with Gasteiger partial charge in [-0.2, -0.15) is 5.10 Å². The summed E-state index contributed by atoms with van der Waals surface area (Å²) in [7, 11) is 0. The summed E-state index contributed by atoms with van der Waals surface area (Å²) in [6.07, 6.45) is 1.86. The maximum atomic E-state index is 12.5. The predicted octanol–water partition coefficient (Wildman–Crippen LogP) is 5.31. The molecule has 0 unspecified atom stereocenters. The summed E-state index contributed by atoms with van der Waals surface area (Å²) in [4.78, 5) is 28.7. The normalized spacial score (nSPS) is 11.4. The lowest BCUT2D eigenvalue weighted by atomic mass is 9.95. The lowest BCUT2D eigenvalue weighted by Crippen LogP contribution is -2.27. The third-order valence-corrected chi connectivity index (χ3v) is 5.30. The monoisotopic (exact) mass is 441 g/mol. The molecule has 0 saturated carbocycles. The van der Waals surface area contributed by atoms with Crippen LogP contribution in [-0.4, -0.2) is 26.4 Å². The topological polar surface area (TPSA) is 88.4 Å². The molecule has 2 heterocycles. The van der Waals surface area contributed by atoms with Gasteiger partial charge >= 0.3 is 0 Å². The van der Waals surface area contributed by atoms with Crippen molar-refractivity contribution in [1.82, 2.24) is 14.6 Å². The second kappa shape index (κ2) is 8.50. The fourth-order valence-electron chi connectivity index (χ4n) is 3.40. The number of hydrogen-bond acceptors (Lipinski definition) is 4. The van der Waals surface area contributed by atoms with E-state index in [1.165, 1.54) is 6.92 Å². The number of anilines is 2. The van der Waals surface area contributed by atoms with Crippen LogP contribution in [0.1, 0.15) is 33.3 Å². The largest absolute Gasteiger partial charge is 0.326 e. The highest BCUT2D eigenvalue weighted by molar-refractivity contribution is 5.96. The number of aryl methyl sites for hydroxylation is 1. The van der Waals surface area contributed by atoms with Crippen LogP contribution in [0.3, 0.4) is 0 Å². The molecule has 0 fully saturated rings. The molecule has 0 aliphatic carbocycles. The molecule has 4 aromatic rings. The minimum absolute atomic E-state index is 0.0399. The molecule has 7 heteroatoms. The van der Waals surface area contributed by atoms with E-state index in [9.17, 15) is 9.59 Å². The minimum Gasteiger partial charge on any atom is -0.326 e. The van der Waals surface area contributed by atoms with Crippen LogP contribution in [0.2, 0.25) is 0 Å². The highest BCUT2D eigenvalue weighted by atomic mass is 16.2. The molecule has 0 aliphatic heterocycles. The van der Waals surface area contributed by atoms with Crippen LogP contribution in [0.25, 0.3) is 28.2 Å². The Bertz CT molecular complexity index is 1360. The molecule has 2 N–H and O–H groups in total. The van der Waals surface area contributed by atoms with Gasteiger partial charge in [0.25, 0.3) is 0 Å². The molecule has 0 saturated heterocycles. The van der Waals surface area contributed by atoms with Crippen LogP contribution in [0.5, 0.6) is 0 Å². The number of carbonyl (C=O) groups is 2. The first-order valence-electron chi connectivity index (χ1n) is 10.8. The second-order valence-corrected chi connectivity index (χ2v) is 9.11. The first kappa shape index (κ1) is 22.2. The number of fused-ring (bicyclic) bond motifs is 1. The molecular weight excluding hydrogens is 414 g/mol. The number of aromatic nitrogens is 3. The molecule has 2 amide bonds. The van der Waals surface area contributed by atoms with E-state index >= 15 is 0 Å². The van der Waals surface area contributed by atoms with Gasteiger partial charge in [0, 0.05) is 29.2 Å². The summed E-state index contributed by atoms with van der Waals surface area (Å²) < 4.78 is 1.72. The van der Waals surface area contributed by atoms with E-state index in [2.05, 4.69) is 10.6 Å². The van der Waals surface area contributed by atoms with Gasteiger partial charge in [-0.05, 0) is 36.8 Å². The van der Waals surface area contributed by atoms with Gasteiger partial charge in [0.05, 0.1) is 23.3 Å².